The van der Waals surface area contributed by atoms with Gasteiger partial charge in [0, 0.05) is 30.9 Å². The van der Waals surface area contributed by atoms with Crippen LogP contribution < -0.4 is 5.32 Å². The van der Waals surface area contributed by atoms with Crippen molar-refractivity contribution in [3.8, 4) is 0 Å². The second kappa shape index (κ2) is 6.50. The van der Waals surface area contributed by atoms with Crippen molar-refractivity contribution in [1.29, 1.82) is 0 Å². The lowest BCUT2D eigenvalue weighted by atomic mass is 10.1. The van der Waals surface area contributed by atoms with E-state index in [9.17, 15) is 9.59 Å². The number of carbonyl (C=O) groups excluding carboxylic acids is 2. The molecule has 2 rings (SSSR count). The van der Waals surface area contributed by atoms with Crippen LogP contribution in [0.15, 0.2) is 18.3 Å². The molecule has 0 radical (unpaired) electrons. The maximum absolute atomic E-state index is 12.4. The van der Waals surface area contributed by atoms with Crippen LogP contribution in [0.2, 0.25) is 0 Å². The van der Waals surface area contributed by atoms with Crippen molar-refractivity contribution in [3.63, 3.8) is 0 Å². The van der Waals surface area contributed by atoms with Gasteiger partial charge in [0.1, 0.15) is 5.69 Å². The molecule has 108 valence electrons. The Hall–Kier alpha value is -1.91. The molecule has 1 aliphatic heterocycles. The highest BCUT2D eigenvalue weighted by molar-refractivity contribution is 5.98. The summed E-state index contributed by atoms with van der Waals surface area (Å²) in [7, 11) is 0. The van der Waals surface area contributed by atoms with Crippen LogP contribution in [0.4, 0.5) is 0 Å². The first kappa shape index (κ1) is 14.5. The minimum atomic E-state index is -0.242. The average molecular weight is 275 g/mol. The summed E-state index contributed by atoms with van der Waals surface area (Å²) in [6.45, 7) is 5.38. The molecule has 1 aliphatic rings. The van der Waals surface area contributed by atoms with Crippen LogP contribution in [-0.2, 0) is 0 Å². The van der Waals surface area contributed by atoms with Crippen LogP contribution in [-0.4, -0.2) is 40.8 Å². The molecular formula is C15H21N3O2. The number of piperidine rings is 1. The van der Waals surface area contributed by atoms with E-state index in [1.54, 1.807) is 12.1 Å². The van der Waals surface area contributed by atoms with Gasteiger partial charge in [-0.2, -0.15) is 0 Å². The zero-order valence-corrected chi connectivity index (χ0v) is 12.1. The smallest absolute Gasteiger partial charge is 0.270 e. The van der Waals surface area contributed by atoms with Gasteiger partial charge in [0.25, 0.3) is 11.8 Å². The molecule has 0 aliphatic carbocycles. The number of carbonyl (C=O) groups is 2. The fourth-order valence-electron chi connectivity index (χ4n) is 2.30. The van der Waals surface area contributed by atoms with Gasteiger partial charge in [-0.1, -0.05) is 0 Å². The number of aromatic nitrogens is 1. The van der Waals surface area contributed by atoms with E-state index in [1.807, 2.05) is 18.7 Å². The second-order valence-electron chi connectivity index (χ2n) is 5.41. The molecule has 2 amide bonds. The highest BCUT2D eigenvalue weighted by atomic mass is 16.2. The number of rotatable bonds is 3. The van der Waals surface area contributed by atoms with Gasteiger partial charge >= 0.3 is 0 Å². The highest BCUT2D eigenvalue weighted by Crippen LogP contribution is 2.13. The van der Waals surface area contributed by atoms with E-state index in [0.717, 1.165) is 25.9 Å². The van der Waals surface area contributed by atoms with E-state index in [2.05, 4.69) is 10.3 Å². The summed E-state index contributed by atoms with van der Waals surface area (Å²) in [5, 5.41) is 2.78. The van der Waals surface area contributed by atoms with Crippen LogP contribution in [0.25, 0.3) is 0 Å². The molecule has 2 heterocycles. The third-order valence-corrected chi connectivity index (χ3v) is 3.30. The number of amides is 2. The largest absolute Gasteiger partial charge is 0.349 e. The normalized spacial score (nSPS) is 15.2. The third kappa shape index (κ3) is 3.56. The molecular weight excluding hydrogens is 254 g/mol. The maximum Gasteiger partial charge on any atom is 0.270 e. The summed E-state index contributed by atoms with van der Waals surface area (Å²) in [6.07, 6.45) is 4.81. The Morgan fingerprint density at radius 1 is 1.25 bits per heavy atom. The van der Waals surface area contributed by atoms with Crippen LogP contribution in [0.1, 0.15) is 54.0 Å². The Labute approximate surface area is 119 Å². The van der Waals surface area contributed by atoms with Crippen LogP contribution in [0, 0.1) is 0 Å². The van der Waals surface area contributed by atoms with E-state index < -0.39 is 0 Å². The summed E-state index contributed by atoms with van der Waals surface area (Å²) in [6, 6.07) is 3.29. The van der Waals surface area contributed by atoms with Crippen molar-refractivity contribution in [1.82, 2.24) is 15.2 Å². The number of likely N-dealkylation sites (tertiary alicyclic amines) is 1. The molecule has 1 aromatic heterocycles. The van der Waals surface area contributed by atoms with Crippen molar-refractivity contribution in [2.75, 3.05) is 13.1 Å². The topological polar surface area (TPSA) is 62.3 Å². The minimum absolute atomic E-state index is 0.00861. The van der Waals surface area contributed by atoms with Gasteiger partial charge in [0.05, 0.1) is 0 Å². The monoisotopic (exact) mass is 275 g/mol. The quantitative estimate of drug-likeness (QED) is 0.915. The van der Waals surface area contributed by atoms with E-state index >= 15 is 0 Å². The predicted molar refractivity (Wildman–Crippen MR) is 76.6 cm³/mol. The molecule has 5 heteroatoms. The Morgan fingerprint density at radius 3 is 2.60 bits per heavy atom. The zero-order valence-electron chi connectivity index (χ0n) is 12.1. The molecule has 1 N–H and O–H groups in total. The standard InChI is InChI=1S/C15H21N3O2/c1-11(2)17-14(19)13-10-12(6-7-16-13)15(20)18-8-4-3-5-9-18/h6-7,10-11H,3-5,8-9H2,1-2H3,(H,17,19). The molecule has 5 nitrogen and oxygen atoms in total. The number of hydrogen-bond acceptors (Lipinski definition) is 3. The van der Waals surface area contributed by atoms with Crippen molar-refractivity contribution in [2.24, 2.45) is 0 Å². The van der Waals surface area contributed by atoms with E-state index in [1.165, 1.54) is 12.6 Å². The lowest BCUT2D eigenvalue weighted by molar-refractivity contribution is 0.0724. The number of nitrogens with one attached hydrogen (secondary N) is 1. The van der Waals surface area contributed by atoms with Crippen molar-refractivity contribution >= 4 is 11.8 Å². The summed E-state index contributed by atoms with van der Waals surface area (Å²) >= 11 is 0. The molecule has 0 spiro atoms. The Kier molecular flexibility index (Phi) is 4.71. The van der Waals surface area contributed by atoms with Gasteiger partial charge in [-0.3, -0.25) is 14.6 Å². The summed E-state index contributed by atoms with van der Waals surface area (Å²) < 4.78 is 0. The third-order valence-electron chi connectivity index (χ3n) is 3.30. The zero-order chi connectivity index (χ0) is 14.5. The first-order chi connectivity index (χ1) is 9.58. The first-order valence-corrected chi connectivity index (χ1v) is 7.14. The van der Waals surface area contributed by atoms with Gasteiger partial charge in [-0.15, -0.1) is 0 Å². The van der Waals surface area contributed by atoms with Gasteiger partial charge in [-0.05, 0) is 45.2 Å². The average Bonchev–Trinajstić information content (AvgIpc) is 2.47. The Morgan fingerprint density at radius 2 is 1.95 bits per heavy atom. The fourth-order valence-corrected chi connectivity index (χ4v) is 2.30. The van der Waals surface area contributed by atoms with E-state index in [0.29, 0.717) is 11.3 Å². The number of pyridine rings is 1. The van der Waals surface area contributed by atoms with E-state index in [-0.39, 0.29) is 17.9 Å². The van der Waals surface area contributed by atoms with Gasteiger partial charge in [0.2, 0.25) is 0 Å². The van der Waals surface area contributed by atoms with Crippen LogP contribution in [0.3, 0.4) is 0 Å². The SMILES string of the molecule is CC(C)NC(=O)c1cc(C(=O)N2CCCCC2)ccn1. The molecule has 0 unspecified atom stereocenters. The van der Waals surface area contributed by atoms with Gasteiger partial charge in [-0.25, -0.2) is 0 Å². The van der Waals surface area contributed by atoms with Crippen molar-refractivity contribution in [2.45, 2.75) is 39.2 Å². The van der Waals surface area contributed by atoms with E-state index in [4.69, 9.17) is 0 Å². The van der Waals surface area contributed by atoms with Gasteiger partial charge < -0.3 is 10.2 Å². The van der Waals surface area contributed by atoms with Crippen LogP contribution in [0.5, 0.6) is 0 Å². The molecule has 20 heavy (non-hydrogen) atoms. The van der Waals surface area contributed by atoms with Crippen LogP contribution >= 0.6 is 0 Å². The number of nitrogens with zero attached hydrogens (tertiary/aromatic N) is 2. The van der Waals surface area contributed by atoms with Crippen molar-refractivity contribution < 1.29 is 9.59 Å². The molecule has 0 aromatic carbocycles. The second-order valence-corrected chi connectivity index (χ2v) is 5.41. The minimum Gasteiger partial charge on any atom is -0.349 e. The molecule has 1 aromatic rings. The lowest BCUT2D eigenvalue weighted by Crippen LogP contribution is -2.36. The summed E-state index contributed by atoms with van der Waals surface area (Å²) in [5.41, 5.74) is 0.831. The molecule has 0 atom stereocenters. The molecule has 1 fully saturated rings. The highest BCUT2D eigenvalue weighted by Gasteiger charge is 2.19. The first-order valence-electron chi connectivity index (χ1n) is 7.14. The maximum atomic E-state index is 12.4. The summed E-state index contributed by atoms with van der Waals surface area (Å²) in [5.74, 6) is -0.251. The fraction of sp³-hybridized carbons (Fsp3) is 0.533. The number of hydrogen-bond donors (Lipinski definition) is 1. The Bertz CT molecular complexity index is 494. The Balaban J connectivity index is 2.12. The predicted octanol–water partition coefficient (Wildman–Crippen LogP) is 1.85. The van der Waals surface area contributed by atoms with Gasteiger partial charge in [0.15, 0.2) is 0 Å². The molecule has 0 bridgehead atoms. The summed E-state index contributed by atoms with van der Waals surface area (Å²) in [4.78, 5) is 30.2. The molecule has 1 saturated heterocycles. The van der Waals surface area contributed by atoms with Crippen molar-refractivity contribution in [3.05, 3.63) is 29.6 Å². The molecule has 0 saturated carbocycles. The lowest BCUT2D eigenvalue weighted by Gasteiger charge is -2.26.